The molecule has 1 amide bonds. The summed E-state index contributed by atoms with van der Waals surface area (Å²) in [6.07, 6.45) is 0.356. The van der Waals surface area contributed by atoms with Crippen LogP contribution in [0.25, 0.3) is 0 Å². The van der Waals surface area contributed by atoms with E-state index in [0.717, 1.165) is 11.1 Å². The number of carbonyl (C=O) groups is 2. The van der Waals surface area contributed by atoms with Crippen molar-refractivity contribution in [2.75, 3.05) is 5.32 Å². The van der Waals surface area contributed by atoms with Crippen molar-refractivity contribution in [1.29, 1.82) is 0 Å². The highest BCUT2D eigenvalue weighted by molar-refractivity contribution is 6.35. The number of carboxylic acid groups (broad SMARTS) is 1. The average molecular weight is 445 g/mol. The number of anilines is 1. The molecule has 0 bridgehead atoms. The Labute approximate surface area is 178 Å². The predicted octanol–water partition coefficient (Wildman–Crippen LogP) is 3.54. The second kappa shape index (κ2) is 9.47. The van der Waals surface area contributed by atoms with Gasteiger partial charge >= 0.3 is 5.97 Å². The molecule has 0 radical (unpaired) electrons. The number of nitrogens with two attached hydrogens (primary N) is 1. The largest absolute Gasteiger partial charge is 0.480 e. The SMILES string of the molecule is Cl.NCc1ccc(CC(=O)NC2CC(C(=O)O)Nc3cc(Cl)cc(Cl)c32)cc1. The minimum absolute atomic E-state index is 0. The normalized spacial score (nSPS) is 17.7. The Kier molecular flexibility index (Phi) is 7.55. The van der Waals surface area contributed by atoms with Crippen LogP contribution in [0.3, 0.4) is 0 Å². The fourth-order valence-electron chi connectivity index (χ4n) is 3.18. The van der Waals surface area contributed by atoms with Crippen molar-refractivity contribution >= 4 is 53.2 Å². The Morgan fingerprint density at radius 3 is 2.43 bits per heavy atom. The molecule has 0 aliphatic carbocycles. The Morgan fingerprint density at radius 1 is 1.18 bits per heavy atom. The van der Waals surface area contributed by atoms with Crippen molar-refractivity contribution in [3.63, 3.8) is 0 Å². The average Bonchev–Trinajstić information content (AvgIpc) is 2.61. The Balaban J connectivity index is 0.00000280. The first-order valence-electron chi connectivity index (χ1n) is 8.43. The van der Waals surface area contributed by atoms with Crippen LogP contribution in [-0.2, 0) is 22.6 Å². The Morgan fingerprint density at radius 2 is 1.82 bits per heavy atom. The number of rotatable bonds is 5. The second-order valence-corrected chi connectivity index (χ2v) is 7.28. The summed E-state index contributed by atoms with van der Waals surface area (Å²) < 4.78 is 0. The van der Waals surface area contributed by atoms with Crippen molar-refractivity contribution in [3.8, 4) is 0 Å². The number of nitrogens with one attached hydrogen (secondary N) is 2. The Hall–Kier alpha value is -1.99. The van der Waals surface area contributed by atoms with E-state index in [9.17, 15) is 14.7 Å². The number of hydrogen-bond acceptors (Lipinski definition) is 4. The molecule has 150 valence electrons. The second-order valence-electron chi connectivity index (χ2n) is 6.44. The van der Waals surface area contributed by atoms with Crippen LogP contribution in [0.5, 0.6) is 0 Å². The molecule has 1 aliphatic rings. The van der Waals surface area contributed by atoms with Crippen molar-refractivity contribution in [2.45, 2.75) is 31.5 Å². The van der Waals surface area contributed by atoms with E-state index in [1.54, 1.807) is 12.1 Å². The molecule has 28 heavy (non-hydrogen) atoms. The minimum atomic E-state index is -1.01. The van der Waals surface area contributed by atoms with Gasteiger partial charge in [-0.25, -0.2) is 4.79 Å². The number of benzene rings is 2. The van der Waals surface area contributed by atoms with Crippen LogP contribution < -0.4 is 16.4 Å². The summed E-state index contributed by atoms with van der Waals surface area (Å²) in [5.41, 5.74) is 8.57. The van der Waals surface area contributed by atoms with E-state index < -0.39 is 18.1 Å². The molecule has 0 aromatic heterocycles. The van der Waals surface area contributed by atoms with Crippen molar-refractivity contribution in [1.82, 2.24) is 5.32 Å². The van der Waals surface area contributed by atoms with Crippen LogP contribution in [0.2, 0.25) is 10.0 Å². The van der Waals surface area contributed by atoms with E-state index >= 15 is 0 Å². The van der Waals surface area contributed by atoms with Crippen LogP contribution >= 0.6 is 35.6 Å². The summed E-state index contributed by atoms with van der Waals surface area (Å²) in [4.78, 5) is 24.0. The maximum Gasteiger partial charge on any atom is 0.326 e. The fraction of sp³-hybridized carbons (Fsp3) is 0.263. The summed E-state index contributed by atoms with van der Waals surface area (Å²) in [7, 11) is 0. The molecule has 0 spiro atoms. The van der Waals surface area contributed by atoms with Crippen LogP contribution in [0.4, 0.5) is 5.69 Å². The van der Waals surface area contributed by atoms with Gasteiger partial charge in [0.2, 0.25) is 5.91 Å². The highest BCUT2D eigenvalue weighted by Gasteiger charge is 2.33. The fourth-order valence-corrected chi connectivity index (χ4v) is 3.80. The van der Waals surface area contributed by atoms with E-state index in [4.69, 9.17) is 28.9 Å². The van der Waals surface area contributed by atoms with Crippen molar-refractivity contribution in [2.24, 2.45) is 5.73 Å². The third-order valence-corrected chi connectivity index (χ3v) is 5.03. The molecule has 0 saturated carbocycles. The van der Waals surface area contributed by atoms with E-state index in [1.807, 2.05) is 24.3 Å². The molecule has 2 atom stereocenters. The van der Waals surface area contributed by atoms with Crippen LogP contribution in [0.15, 0.2) is 36.4 Å². The molecule has 0 saturated heterocycles. The summed E-state index contributed by atoms with van der Waals surface area (Å²) in [6.45, 7) is 0.440. The molecular formula is C19H20Cl3N3O3. The number of fused-ring (bicyclic) bond motifs is 1. The van der Waals surface area contributed by atoms with Gasteiger partial charge in [-0.3, -0.25) is 4.79 Å². The molecule has 3 rings (SSSR count). The number of amides is 1. The van der Waals surface area contributed by atoms with Gasteiger partial charge in [0.1, 0.15) is 6.04 Å². The minimum Gasteiger partial charge on any atom is -0.480 e. The number of halogens is 3. The van der Waals surface area contributed by atoms with Crippen LogP contribution in [-0.4, -0.2) is 23.0 Å². The lowest BCUT2D eigenvalue weighted by Gasteiger charge is -2.32. The highest BCUT2D eigenvalue weighted by atomic mass is 35.5. The maximum absolute atomic E-state index is 12.5. The van der Waals surface area contributed by atoms with E-state index in [2.05, 4.69) is 10.6 Å². The van der Waals surface area contributed by atoms with Crippen LogP contribution in [0, 0.1) is 0 Å². The molecule has 1 heterocycles. The molecule has 5 N–H and O–H groups in total. The van der Waals surface area contributed by atoms with Crippen molar-refractivity contribution in [3.05, 3.63) is 63.1 Å². The third kappa shape index (κ3) is 5.08. The van der Waals surface area contributed by atoms with Gasteiger partial charge in [-0.05, 0) is 23.3 Å². The molecule has 1 aliphatic heterocycles. The van der Waals surface area contributed by atoms with Gasteiger partial charge in [-0.15, -0.1) is 12.4 Å². The Bertz CT molecular complexity index is 875. The molecular weight excluding hydrogens is 425 g/mol. The summed E-state index contributed by atoms with van der Waals surface area (Å²) in [6, 6.07) is 9.28. The molecule has 9 heteroatoms. The first-order chi connectivity index (χ1) is 12.9. The summed E-state index contributed by atoms with van der Waals surface area (Å²) >= 11 is 12.3. The van der Waals surface area contributed by atoms with Gasteiger partial charge < -0.3 is 21.5 Å². The third-order valence-electron chi connectivity index (χ3n) is 4.50. The number of hydrogen-bond donors (Lipinski definition) is 4. The smallest absolute Gasteiger partial charge is 0.326 e. The quantitative estimate of drug-likeness (QED) is 0.564. The lowest BCUT2D eigenvalue weighted by atomic mass is 9.92. The zero-order valence-corrected chi connectivity index (χ0v) is 17.1. The number of carboxylic acids is 1. The molecule has 6 nitrogen and oxygen atoms in total. The zero-order valence-electron chi connectivity index (χ0n) is 14.7. The lowest BCUT2D eigenvalue weighted by Crippen LogP contribution is -2.41. The van der Waals surface area contributed by atoms with Gasteiger partial charge in [0.15, 0.2) is 0 Å². The van der Waals surface area contributed by atoms with Gasteiger partial charge in [0.05, 0.1) is 12.5 Å². The molecule has 2 aromatic carbocycles. The van der Waals surface area contributed by atoms with Crippen LogP contribution in [0.1, 0.15) is 29.2 Å². The molecule has 0 fully saturated rings. The lowest BCUT2D eigenvalue weighted by molar-refractivity contribution is -0.138. The van der Waals surface area contributed by atoms with Gasteiger partial charge in [-0.1, -0.05) is 47.5 Å². The summed E-state index contributed by atoms with van der Waals surface area (Å²) in [5.74, 6) is -1.23. The maximum atomic E-state index is 12.5. The standard InChI is InChI=1S/C19H19Cl2N3O3.ClH/c20-12-6-13(21)18-14(7-12)23-16(19(26)27)8-15(18)24-17(25)5-10-1-3-11(9-22)4-2-10;/h1-4,6-7,15-16,23H,5,8-9,22H2,(H,24,25)(H,26,27);1H. The van der Waals surface area contributed by atoms with E-state index in [-0.39, 0.29) is 31.2 Å². The zero-order chi connectivity index (χ0) is 19.6. The summed E-state index contributed by atoms with van der Waals surface area (Å²) in [5, 5.41) is 16.0. The van der Waals surface area contributed by atoms with Crippen molar-refractivity contribution < 1.29 is 14.7 Å². The molecule has 2 aromatic rings. The predicted molar refractivity (Wildman–Crippen MR) is 112 cm³/mol. The van der Waals surface area contributed by atoms with Gasteiger partial charge in [0.25, 0.3) is 0 Å². The molecule has 2 unspecified atom stereocenters. The monoisotopic (exact) mass is 443 g/mol. The van der Waals surface area contributed by atoms with Gasteiger partial charge in [0, 0.05) is 34.3 Å². The topological polar surface area (TPSA) is 104 Å². The first-order valence-corrected chi connectivity index (χ1v) is 9.18. The van der Waals surface area contributed by atoms with E-state index in [1.165, 1.54) is 0 Å². The van der Waals surface area contributed by atoms with Gasteiger partial charge in [-0.2, -0.15) is 0 Å². The van der Waals surface area contributed by atoms with E-state index in [0.29, 0.717) is 27.8 Å². The number of aliphatic carboxylic acids is 1. The first kappa shape index (κ1) is 22.3. The highest BCUT2D eigenvalue weighted by Crippen LogP contribution is 2.39. The number of carbonyl (C=O) groups excluding carboxylic acids is 1.